The molecule has 254 valence electrons. The van der Waals surface area contributed by atoms with Gasteiger partial charge in [-0.2, -0.15) is 0 Å². The summed E-state index contributed by atoms with van der Waals surface area (Å²) >= 11 is 0. The molecular formula is C39H52FN3O4. The van der Waals surface area contributed by atoms with Gasteiger partial charge in [-0.3, -0.25) is 9.88 Å². The van der Waals surface area contributed by atoms with E-state index in [2.05, 4.69) is 47.9 Å². The molecule has 2 aliphatic rings. The predicted molar refractivity (Wildman–Crippen MR) is 185 cm³/mol. The molecule has 0 bridgehead atoms. The number of piperidine rings is 1. The van der Waals surface area contributed by atoms with Crippen molar-refractivity contribution < 1.29 is 23.8 Å². The lowest BCUT2D eigenvalue weighted by Crippen LogP contribution is -2.39. The maximum atomic E-state index is 13.6. The Balaban J connectivity index is 1.51. The zero-order chi connectivity index (χ0) is 33.9. The second-order valence-electron chi connectivity index (χ2n) is 15.1. The lowest BCUT2D eigenvalue weighted by Gasteiger charge is -2.41. The molecule has 5 rings (SSSR count). The molecule has 0 aliphatic carbocycles. The first-order valence-electron chi connectivity index (χ1n) is 17.0. The molecule has 7 nitrogen and oxygen atoms in total. The third-order valence-electron chi connectivity index (χ3n) is 9.42. The maximum absolute atomic E-state index is 13.6. The summed E-state index contributed by atoms with van der Waals surface area (Å²) in [5.74, 6) is -1.24. The monoisotopic (exact) mass is 645 g/mol. The van der Waals surface area contributed by atoms with E-state index in [9.17, 15) is 14.3 Å². The van der Waals surface area contributed by atoms with Crippen molar-refractivity contribution in [3.05, 3.63) is 82.4 Å². The SMILES string of the molecule is Cc1nc(C)c([C@H](OC(C)(C)C)C(=O)O)c(N2CCC(C)(C)CC2)c1-c1ccc(CN(Cc2ccc(F)cc2)CC2CCCO2)cc1. The fourth-order valence-corrected chi connectivity index (χ4v) is 6.90. The lowest BCUT2D eigenvalue weighted by atomic mass is 9.81. The number of ether oxygens (including phenoxy) is 2. The van der Waals surface area contributed by atoms with Gasteiger partial charge in [0.2, 0.25) is 0 Å². The van der Waals surface area contributed by atoms with E-state index >= 15 is 0 Å². The molecule has 0 spiro atoms. The molecule has 2 aliphatic heterocycles. The number of aromatic nitrogens is 1. The Morgan fingerprint density at radius 3 is 2.17 bits per heavy atom. The number of nitrogens with zero attached hydrogens (tertiary/aromatic N) is 3. The van der Waals surface area contributed by atoms with Gasteiger partial charge in [0.25, 0.3) is 0 Å². The molecular weight excluding hydrogens is 593 g/mol. The Hall–Kier alpha value is -3.33. The van der Waals surface area contributed by atoms with Gasteiger partial charge < -0.3 is 19.5 Å². The van der Waals surface area contributed by atoms with Gasteiger partial charge in [0.05, 0.1) is 17.4 Å². The van der Waals surface area contributed by atoms with E-state index in [4.69, 9.17) is 14.5 Å². The van der Waals surface area contributed by atoms with Crippen LogP contribution in [-0.4, -0.2) is 58.9 Å². The largest absolute Gasteiger partial charge is 0.479 e. The first-order valence-corrected chi connectivity index (χ1v) is 17.0. The molecule has 3 heterocycles. The minimum absolute atomic E-state index is 0.198. The van der Waals surface area contributed by atoms with Crippen molar-refractivity contribution in [1.29, 1.82) is 0 Å². The van der Waals surface area contributed by atoms with E-state index in [1.807, 2.05) is 46.8 Å². The van der Waals surface area contributed by atoms with E-state index in [1.54, 1.807) is 0 Å². The second-order valence-corrected chi connectivity index (χ2v) is 15.1. The topological polar surface area (TPSA) is 75.1 Å². The number of carbonyl (C=O) groups is 1. The summed E-state index contributed by atoms with van der Waals surface area (Å²) in [5, 5.41) is 10.5. The Morgan fingerprint density at radius 2 is 1.64 bits per heavy atom. The number of hydrogen-bond acceptors (Lipinski definition) is 6. The van der Waals surface area contributed by atoms with Crippen molar-refractivity contribution in [2.45, 2.75) is 105 Å². The number of carboxylic acids is 1. The van der Waals surface area contributed by atoms with Crippen LogP contribution in [0.1, 0.15) is 94.5 Å². The van der Waals surface area contributed by atoms with Crippen LogP contribution in [0, 0.1) is 25.1 Å². The summed E-state index contributed by atoms with van der Waals surface area (Å²) in [7, 11) is 0. The smallest absolute Gasteiger partial charge is 0.337 e. The molecule has 2 saturated heterocycles. The predicted octanol–water partition coefficient (Wildman–Crippen LogP) is 8.25. The van der Waals surface area contributed by atoms with Gasteiger partial charge in [-0.25, -0.2) is 9.18 Å². The fraction of sp³-hybridized carbons (Fsp3) is 0.538. The zero-order valence-electron chi connectivity index (χ0n) is 29.2. The molecule has 0 saturated carbocycles. The molecule has 8 heteroatoms. The molecule has 2 fully saturated rings. The normalized spacial score (nSPS) is 18.9. The van der Waals surface area contributed by atoms with Crippen molar-refractivity contribution in [3.8, 4) is 11.1 Å². The van der Waals surface area contributed by atoms with Crippen molar-refractivity contribution in [3.63, 3.8) is 0 Å². The van der Waals surface area contributed by atoms with Crippen molar-refractivity contribution in [2.24, 2.45) is 5.41 Å². The van der Waals surface area contributed by atoms with Gasteiger partial charge in [0.1, 0.15) is 5.82 Å². The van der Waals surface area contributed by atoms with Crippen molar-refractivity contribution >= 4 is 11.7 Å². The molecule has 0 amide bonds. The summed E-state index contributed by atoms with van der Waals surface area (Å²) in [6.07, 6.45) is 3.20. The van der Waals surface area contributed by atoms with Crippen LogP contribution in [-0.2, 0) is 27.4 Å². The number of pyridine rings is 1. The molecule has 1 unspecified atom stereocenters. The minimum Gasteiger partial charge on any atom is -0.479 e. The van der Waals surface area contributed by atoms with Gasteiger partial charge in [0, 0.05) is 61.8 Å². The highest BCUT2D eigenvalue weighted by molar-refractivity contribution is 5.88. The molecule has 0 radical (unpaired) electrons. The quantitative estimate of drug-likeness (QED) is 0.225. The first-order chi connectivity index (χ1) is 22.2. The van der Waals surface area contributed by atoms with Crippen LogP contribution in [0.25, 0.3) is 11.1 Å². The number of rotatable bonds is 11. The summed E-state index contributed by atoms with van der Waals surface area (Å²) in [6.45, 7) is 18.9. The van der Waals surface area contributed by atoms with Crippen molar-refractivity contribution in [2.75, 3.05) is 31.1 Å². The maximum Gasteiger partial charge on any atom is 0.337 e. The Morgan fingerprint density at radius 1 is 1.04 bits per heavy atom. The zero-order valence-corrected chi connectivity index (χ0v) is 29.2. The number of hydrogen-bond donors (Lipinski definition) is 1. The average Bonchev–Trinajstić information content (AvgIpc) is 3.50. The highest BCUT2D eigenvalue weighted by Gasteiger charge is 2.36. The summed E-state index contributed by atoms with van der Waals surface area (Å²) in [5.41, 5.74) is 6.87. The first kappa shape index (κ1) is 35.0. The van der Waals surface area contributed by atoms with Crippen LogP contribution >= 0.6 is 0 Å². The number of halogens is 1. The van der Waals surface area contributed by atoms with Gasteiger partial charge in [0.15, 0.2) is 6.10 Å². The van der Waals surface area contributed by atoms with Gasteiger partial charge in [-0.05, 0) is 94.5 Å². The third kappa shape index (κ3) is 8.98. The Labute approximate surface area is 280 Å². The lowest BCUT2D eigenvalue weighted by molar-refractivity contribution is -0.160. The van der Waals surface area contributed by atoms with Crippen LogP contribution in [0.3, 0.4) is 0 Å². The third-order valence-corrected chi connectivity index (χ3v) is 9.42. The Kier molecular flexibility index (Phi) is 10.7. The van der Waals surface area contributed by atoms with E-state index in [0.29, 0.717) is 17.8 Å². The molecule has 47 heavy (non-hydrogen) atoms. The van der Waals surface area contributed by atoms with Gasteiger partial charge in [-0.1, -0.05) is 50.2 Å². The van der Waals surface area contributed by atoms with E-state index in [0.717, 1.165) is 92.1 Å². The average molecular weight is 646 g/mol. The number of carboxylic acid groups (broad SMARTS) is 1. The van der Waals surface area contributed by atoms with Crippen LogP contribution in [0.15, 0.2) is 48.5 Å². The summed E-state index contributed by atoms with van der Waals surface area (Å²) < 4.78 is 25.8. The van der Waals surface area contributed by atoms with Crippen molar-refractivity contribution in [1.82, 2.24) is 9.88 Å². The molecule has 1 aromatic heterocycles. The molecule has 2 atom stereocenters. The van der Waals surface area contributed by atoms with Crippen LogP contribution in [0.5, 0.6) is 0 Å². The van der Waals surface area contributed by atoms with Crippen LogP contribution in [0.2, 0.25) is 0 Å². The van der Waals surface area contributed by atoms with Gasteiger partial charge >= 0.3 is 5.97 Å². The highest BCUT2D eigenvalue weighted by Crippen LogP contribution is 2.45. The number of aryl methyl sites for hydroxylation is 2. The minimum atomic E-state index is -1.15. The number of benzene rings is 2. The molecule has 3 aromatic rings. The fourth-order valence-electron chi connectivity index (χ4n) is 6.90. The van der Waals surface area contributed by atoms with Gasteiger partial charge in [-0.15, -0.1) is 0 Å². The highest BCUT2D eigenvalue weighted by atomic mass is 19.1. The molecule has 2 aromatic carbocycles. The number of anilines is 1. The van der Waals surface area contributed by atoms with Crippen LogP contribution in [0.4, 0.5) is 10.1 Å². The van der Waals surface area contributed by atoms with E-state index in [1.165, 1.54) is 12.1 Å². The Bertz CT molecular complexity index is 1520. The molecule has 1 N–H and O–H groups in total. The van der Waals surface area contributed by atoms with E-state index < -0.39 is 17.7 Å². The van der Waals surface area contributed by atoms with Crippen LogP contribution < -0.4 is 4.90 Å². The standard InChI is InChI=1S/C39H52FN3O4/c1-26-33(35(43-20-18-39(6,7)19-21-43)34(27(2)41-26)36(37(44)45)47-38(3,4)5)30-14-10-28(11-15-30)23-42(25-32-9-8-22-46-32)24-29-12-16-31(40)17-13-29/h10-17,32,36H,8-9,18-25H2,1-7H3,(H,44,45)/t32?,36-/m0/s1. The van der Waals surface area contributed by atoms with E-state index in [-0.39, 0.29) is 17.3 Å². The number of aliphatic carboxylic acids is 1. The summed E-state index contributed by atoms with van der Waals surface area (Å²) in [4.78, 5) is 22.5. The summed E-state index contributed by atoms with van der Waals surface area (Å²) in [6, 6.07) is 15.3. The second kappa shape index (κ2) is 14.4.